The van der Waals surface area contributed by atoms with E-state index in [1.54, 1.807) is 13.0 Å². The molecule has 0 saturated carbocycles. The SMILES string of the molecule is C=CCOC(C)C(=O)OCC(=O)c1cc(C)c(C)c(C)c1C. The molecule has 120 valence electrons. The fourth-order valence-corrected chi connectivity index (χ4v) is 2.11. The quantitative estimate of drug-likeness (QED) is 0.441. The molecule has 22 heavy (non-hydrogen) atoms. The molecule has 0 radical (unpaired) electrons. The predicted molar refractivity (Wildman–Crippen MR) is 86.3 cm³/mol. The molecular formula is C18H24O4. The normalized spacial score (nSPS) is 11.9. The van der Waals surface area contributed by atoms with Gasteiger partial charge in [0, 0.05) is 5.56 Å². The first kappa shape index (κ1) is 18.1. The number of aryl methyl sites for hydroxylation is 1. The van der Waals surface area contributed by atoms with E-state index in [9.17, 15) is 9.59 Å². The highest BCUT2D eigenvalue weighted by atomic mass is 16.6. The Morgan fingerprint density at radius 3 is 2.41 bits per heavy atom. The fraction of sp³-hybridized carbons (Fsp3) is 0.444. The molecule has 0 spiro atoms. The van der Waals surface area contributed by atoms with Crippen LogP contribution in [-0.2, 0) is 14.3 Å². The fourth-order valence-electron chi connectivity index (χ4n) is 2.11. The van der Waals surface area contributed by atoms with E-state index in [0.29, 0.717) is 5.56 Å². The van der Waals surface area contributed by atoms with E-state index in [2.05, 4.69) is 6.58 Å². The van der Waals surface area contributed by atoms with Gasteiger partial charge < -0.3 is 9.47 Å². The van der Waals surface area contributed by atoms with Crippen molar-refractivity contribution in [1.29, 1.82) is 0 Å². The Kier molecular flexibility index (Phi) is 6.50. The summed E-state index contributed by atoms with van der Waals surface area (Å²) in [6, 6.07) is 1.85. The second kappa shape index (κ2) is 7.90. The van der Waals surface area contributed by atoms with Gasteiger partial charge in [0.2, 0.25) is 5.78 Å². The number of ether oxygens (including phenoxy) is 2. The van der Waals surface area contributed by atoms with Crippen molar-refractivity contribution < 1.29 is 19.1 Å². The molecule has 0 aliphatic carbocycles. The molecule has 1 rings (SSSR count). The van der Waals surface area contributed by atoms with E-state index in [1.165, 1.54) is 5.56 Å². The van der Waals surface area contributed by atoms with Crippen molar-refractivity contribution in [2.45, 2.75) is 40.7 Å². The van der Waals surface area contributed by atoms with E-state index in [1.807, 2.05) is 33.8 Å². The number of carbonyl (C=O) groups excluding carboxylic acids is 2. The molecule has 0 aliphatic heterocycles. The van der Waals surface area contributed by atoms with Crippen molar-refractivity contribution >= 4 is 11.8 Å². The lowest BCUT2D eigenvalue weighted by Crippen LogP contribution is -2.26. The average Bonchev–Trinajstić information content (AvgIpc) is 2.51. The summed E-state index contributed by atoms with van der Waals surface area (Å²) in [5.74, 6) is -0.749. The Morgan fingerprint density at radius 2 is 1.82 bits per heavy atom. The Hall–Kier alpha value is -1.94. The zero-order chi connectivity index (χ0) is 16.9. The van der Waals surface area contributed by atoms with Crippen LogP contribution < -0.4 is 0 Å². The van der Waals surface area contributed by atoms with Crippen molar-refractivity contribution in [2.24, 2.45) is 0 Å². The Morgan fingerprint density at radius 1 is 1.18 bits per heavy atom. The monoisotopic (exact) mass is 304 g/mol. The molecule has 1 aromatic carbocycles. The van der Waals surface area contributed by atoms with Gasteiger partial charge in [0.05, 0.1) is 6.61 Å². The van der Waals surface area contributed by atoms with Gasteiger partial charge in [0.15, 0.2) is 12.7 Å². The Bertz CT molecular complexity index is 587. The molecule has 1 atom stereocenters. The van der Waals surface area contributed by atoms with Gasteiger partial charge in [-0.05, 0) is 62.9 Å². The summed E-state index contributed by atoms with van der Waals surface area (Å²) in [6.45, 7) is 13.0. The maximum Gasteiger partial charge on any atom is 0.335 e. The zero-order valence-corrected chi connectivity index (χ0v) is 14.0. The minimum absolute atomic E-state index is 0.201. The first-order valence-electron chi connectivity index (χ1n) is 7.29. The first-order chi connectivity index (χ1) is 10.3. The number of rotatable bonds is 7. The Labute approximate surface area is 132 Å². The highest BCUT2D eigenvalue weighted by Crippen LogP contribution is 2.21. The van der Waals surface area contributed by atoms with Crippen LogP contribution in [-0.4, -0.2) is 31.1 Å². The molecule has 0 aliphatic rings. The molecule has 0 fully saturated rings. The van der Waals surface area contributed by atoms with Gasteiger partial charge in [0.25, 0.3) is 0 Å². The van der Waals surface area contributed by atoms with Gasteiger partial charge in [-0.2, -0.15) is 0 Å². The minimum Gasteiger partial charge on any atom is -0.455 e. The number of ketones is 1. The summed E-state index contributed by atoms with van der Waals surface area (Å²) in [6.07, 6.45) is 0.837. The maximum absolute atomic E-state index is 12.3. The number of hydrogen-bond donors (Lipinski definition) is 0. The van der Waals surface area contributed by atoms with E-state index in [-0.39, 0.29) is 19.0 Å². The lowest BCUT2D eigenvalue weighted by molar-refractivity contribution is -0.154. The number of hydrogen-bond acceptors (Lipinski definition) is 4. The second-order valence-corrected chi connectivity index (χ2v) is 5.41. The van der Waals surface area contributed by atoms with Crippen LogP contribution in [0.4, 0.5) is 0 Å². The maximum atomic E-state index is 12.3. The van der Waals surface area contributed by atoms with Gasteiger partial charge in [-0.25, -0.2) is 4.79 Å². The highest BCUT2D eigenvalue weighted by Gasteiger charge is 2.19. The molecule has 0 heterocycles. The van der Waals surface area contributed by atoms with Crippen LogP contribution in [0, 0.1) is 27.7 Å². The minimum atomic E-state index is -0.714. The van der Waals surface area contributed by atoms with Crippen molar-refractivity contribution in [3.8, 4) is 0 Å². The van der Waals surface area contributed by atoms with Crippen LogP contribution >= 0.6 is 0 Å². The van der Waals surface area contributed by atoms with Gasteiger partial charge in [0.1, 0.15) is 0 Å². The molecule has 0 bridgehead atoms. The summed E-state index contributed by atoms with van der Waals surface area (Å²) < 4.78 is 10.2. The van der Waals surface area contributed by atoms with Gasteiger partial charge >= 0.3 is 5.97 Å². The summed E-state index contributed by atoms with van der Waals surface area (Å²) in [4.78, 5) is 24.0. The lowest BCUT2D eigenvalue weighted by Gasteiger charge is -2.14. The summed E-state index contributed by atoms with van der Waals surface area (Å²) in [7, 11) is 0. The summed E-state index contributed by atoms with van der Waals surface area (Å²) in [5, 5.41) is 0. The van der Waals surface area contributed by atoms with Crippen LogP contribution in [0.5, 0.6) is 0 Å². The molecule has 0 N–H and O–H groups in total. The highest BCUT2D eigenvalue weighted by molar-refractivity contribution is 6.00. The molecule has 4 nitrogen and oxygen atoms in total. The van der Waals surface area contributed by atoms with E-state index >= 15 is 0 Å². The Balaban J connectivity index is 2.75. The third-order valence-electron chi connectivity index (χ3n) is 3.92. The standard InChI is InChI=1S/C18H24O4/c1-7-8-21-15(6)18(20)22-10-17(19)16-9-11(2)12(3)13(4)14(16)5/h7,9,15H,1,8,10H2,2-6H3. The van der Waals surface area contributed by atoms with Crippen LogP contribution in [0.1, 0.15) is 39.5 Å². The second-order valence-electron chi connectivity index (χ2n) is 5.41. The molecule has 4 heteroatoms. The van der Waals surface area contributed by atoms with Gasteiger partial charge in [-0.3, -0.25) is 4.79 Å². The van der Waals surface area contributed by atoms with E-state index in [4.69, 9.17) is 9.47 Å². The topological polar surface area (TPSA) is 52.6 Å². The van der Waals surface area contributed by atoms with Gasteiger partial charge in [-0.1, -0.05) is 6.08 Å². The molecule has 1 aromatic rings. The number of esters is 1. The lowest BCUT2D eigenvalue weighted by atomic mass is 9.93. The van der Waals surface area contributed by atoms with Crippen LogP contribution in [0.15, 0.2) is 18.7 Å². The molecule has 0 aromatic heterocycles. The first-order valence-corrected chi connectivity index (χ1v) is 7.29. The number of carbonyl (C=O) groups is 2. The molecule has 0 amide bonds. The smallest absolute Gasteiger partial charge is 0.335 e. The van der Waals surface area contributed by atoms with Crippen molar-refractivity contribution in [3.05, 3.63) is 46.5 Å². The average molecular weight is 304 g/mol. The third-order valence-corrected chi connectivity index (χ3v) is 3.92. The largest absolute Gasteiger partial charge is 0.455 e. The molecular weight excluding hydrogens is 280 g/mol. The third kappa shape index (κ3) is 4.28. The van der Waals surface area contributed by atoms with E-state index < -0.39 is 12.1 Å². The van der Waals surface area contributed by atoms with Crippen molar-refractivity contribution in [1.82, 2.24) is 0 Å². The molecule has 1 unspecified atom stereocenters. The van der Waals surface area contributed by atoms with Crippen molar-refractivity contribution in [3.63, 3.8) is 0 Å². The van der Waals surface area contributed by atoms with Crippen LogP contribution in [0.2, 0.25) is 0 Å². The van der Waals surface area contributed by atoms with Crippen molar-refractivity contribution in [2.75, 3.05) is 13.2 Å². The number of Topliss-reactive ketones (excluding diaryl/α,β-unsaturated/α-hetero) is 1. The van der Waals surface area contributed by atoms with Crippen LogP contribution in [0.25, 0.3) is 0 Å². The summed E-state index contributed by atoms with van der Waals surface area (Å²) in [5.41, 5.74) is 4.86. The predicted octanol–water partition coefficient (Wildman–Crippen LogP) is 3.24. The number of benzene rings is 1. The van der Waals surface area contributed by atoms with Gasteiger partial charge in [-0.15, -0.1) is 6.58 Å². The van der Waals surface area contributed by atoms with E-state index in [0.717, 1.165) is 16.7 Å². The molecule has 0 saturated heterocycles. The summed E-state index contributed by atoms with van der Waals surface area (Å²) >= 11 is 0. The van der Waals surface area contributed by atoms with Crippen LogP contribution in [0.3, 0.4) is 0 Å². The zero-order valence-electron chi connectivity index (χ0n) is 14.0.